The van der Waals surface area contributed by atoms with Gasteiger partial charge in [0.1, 0.15) is 5.75 Å². The van der Waals surface area contributed by atoms with Crippen LogP contribution in [0.5, 0.6) is 5.75 Å². The molecular weight excluding hydrogens is 276 g/mol. The Labute approximate surface area is 133 Å². The number of esters is 1. The topological polar surface area (TPSA) is 35.5 Å². The fourth-order valence-electron chi connectivity index (χ4n) is 2.35. The molecule has 0 saturated heterocycles. The second-order valence-corrected chi connectivity index (χ2v) is 5.21. The van der Waals surface area contributed by atoms with E-state index in [9.17, 15) is 4.79 Å². The van der Waals surface area contributed by atoms with Crippen LogP contribution in [0.3, 0.4) is 0 Å². The molecular formula is C19H26O3. The molecule has 0 radical (unpaired) electrons. The Morgan fingerprint density at radius 1 is 1.23 bits per heavy atom. The molecule has 1 aromatic rings. The minimum atomic E-state index is -0.312. The number of allylic oxidation sites excluding steroid dienone is 1. The summed E-state index contributed by atoms with van der Waals surface area (Å²) in [4.78, 5) is 11.8. The zero-order valence-corrected chi connectivity index (χ0v) is 13.7. The number of benzene rings is 1. The zero-order chi connectivity index (χ0) is 16.4. The Balaban J connectivity index is 2.50. The van der Waals surface area contributed by atoms with Crippen LogP contribution >= 0.6 is 0 Å². The van der Waals surface area contributed by atoms with Crippen LogP contribution in [0.25, 0.3) is 6.08 Å². The van der Waals surface area contributed by atoms with E-state index in [-0.39, 0.29) is 5.97 Å². The van der Waals surface area contributed by atoms with Crippen molar-refractivity contribution in [1.29, 1.82) is 0 Å². The Morgan fingerprint density at radius 3 is 2.41 bits per heavy atom. The molecule has 0 aliphatic rings. The van der Waals surface area contributed by atoms with E-state index in [1.165, 1.54) is 6.08 Å². The quantitative estimate of drug-likeness (QED) is 0.383. The number of ether oxygens (including phenoxy) is 2. The van der Waals surface area contributed by atoms with Gasteiger partial charge >= 0.3 is 5.97 Å². The van der Waals surface area contributed by atoms with Crippen molar-refractivity contribution in [1.82, 2.24) is 0 Å². The monoisotopic (exact) mass is 302 g/mol. The number of hydrogen-bond acceptors (Lipinski definition) is 3. The fourth-order valence-corrected chi connectivity index (χ4v) is 2.35. The number of rotatable bonds is 9. The molecule has 1 rings (SSSR count). The Bertz CT molecular complexity index is 488. The van der Waals surface area contributed by atoms with Gasteiger partial charge in [0.25, 0.3) is 0 Å². The van der Waals surface area contributed by atoms with Crippen molar-refractivity contribution in [2.75, 3.05) is 13.7 Å². The number of carbonyl (C=O) groups excluding carboxylic acids is 1. The summed E-state index contributed by atoms with van der Waals surface area (Å²) in [6.45, 7) is 8.52. The minimum Gasteiger partial charge on any atom is -0.497 e. The Kier molecular flexibility index (Phi) is 8.05. The Morgan fingerprint density at radius 2 is 1.91 bits per heavy atom. The van der Waals surface area contributed by atoms with Crippen LogP contribution in [0.15, 0.2) is 43.0 Å². The average molecular weight is 302 g/mol. The molecule has 3 heteroatoms. The minimum absolute atomic E-state index is 0.312. The van der Waals surface area contributed by atoms with Gasteiger partial charge in [-0.1, -0.05) is 32.1 Å². The lowest BCUT2D eigenvalue weighted by atomic mass is 9.89. The van der Waals surface area contributed by atoms with Crippen LogP contribution < -0.4 is 4.74 Å². The second kappa shape index (κ2) is 9.82. The predicted octanol–water partition coefficient (Wildman–Crippen LogP) is 4.49. The smallest absolute Gasteiger partial charge is 0.330 e. The lowest BCUT2D eigenvalue weighted by Crippen LogP contribution is -2.19. The number of hydrogen-bond donors (Lipinski definition) is 0. The van der Waals surface area contributed by atoms with Crippen LogP contribution in [0.4, 0.5) is 0 Å². The first-order chi connectivity index (χ1) is 10.6. The zero-order valence-electron chi connectivity index (χ0n) is 13.7. The molecule has 0 amide bonds. The normalized spacial score (nSPS) is 13.6. The fraction of sp³-hybridized carbons (Fsp3) is 0.421. The third kappa shape index (κ3) is 5.76. The standard InChI is InChI=1S/C19H26O3/c1-5-16(6-2)17(7-3)14-22-19(20)13-10-15-8-11-18(21-4)12-9-15/h5,8-13,16-17H,1,6-7,14H2,2-4H3/b13-10+. The van der Waals surface area contributed by atoms with Crippen molar-refractivity contribution in [2.45, 2.75) is 26.7 Å². The summed E-state index contributed by atoms with van der Waals surface area (Å²) in [5, 5.41) is 0. The summed E-state index contributed by atoms with van der Waals surface area (Å²) in [6.07, 6.45) is 7.15. The van der Waals surface area contributed by atoms with E-state index >= 15 is 0 Å². The molecule has 120 valence electrons. The van der Waals surface area contributed by atoms with E-state index in [4.69, 9.17) is 9.47 Å². The van der Waals surface area contributed by atoms with E-state index < -0.39 is 0 Å². The van der Waals surface area contributed by atoms with Gasteiger partial charge in [0, 0.05) is 6.08 Å². The Hall–Kier alpha value is -2.03. The molecule has 0 heterocycles. The SMILES string of the molecule is C=CC(CC)C(CC)COC(=O)/C=C/c1ccc(OC)cc1. The van der Waals surface area contributed by atoms with Gasteiger partial charge in [-0.05, 0) is 48.4 Å². The molecule has 2 unspecified atom stereocenters. The highest BCUT2D eigenvalue weighted by Gasteiger charge is 2.16. The van der Waals surface area contributed by atoms with Gasteiger partial charge in [0.15, 0.2) is 0 Å². The van der Waals surface area contributed by atoms with E-state index in [1.807, 2.05) is 30.3 Å². The molecule has 0 aliphatic carbocycles. The molecule has 0 fully saturated rings. The third-order valence-corrected chi connectivity index (χ3v) is 3.87. The van der Waals surface area contributed by atoms with E-state index in [0.29, 0.717) is 18.4 Å². The van der Waals surface area contributed by atoms with E-state index in [2.05, 4.69) is 20.4 Å². The largest absolute Gasteiger partial charge is 0.497 e. The molecule has 22 heavy (non-hydrogen) atoms. The molecule has 0 spiro atoms. The van der Waals surface area contributed by atoms with Crippen molar-refractivity contribution in [3.63, 3.8) is 0 Å². The first kappa shape index (κ1) is 18.0. The highest BCUT2D eigenvalue weighted by atomic mass is 16.5. The number of methoxy groups -OCH3 is 1. The average Bonchev–Trinajstić information content (AvgIpc) is 2.57. The molecule has 2 atom stereocenters. The van der Waals surface area contributed by atoms with Crippen LogP contribution in [-0.4, -0.2) is 19.7 Å². The van der Waals surface area contributed by atoms with Gasteiger partial charge in [-0.15, -0.1) is 6.58 Å². The van der Waals surface area contributed by atoms with Gasteiger partial charge in [-0.3, -0.25) is 0 Å². The highest BCUT2D eigenvalue weighted by Crippen LogP contribution is 2.20. The maximum atomic E-state index is 11.8. The van der Waals surface area contributed by atoms with Crippen LogP contribution in [0.2, 0.25) is 0 Å². The van der Waals surface area contributed by atoms with Gasteiger partial charge in [-0.2, -0.15) is 0 Å². The summed E-state index contributed by atoms with van der Waals surface area (Å²) in [5.41, 5.74) is 0.933. The van der Waals surface area contributed by atoms with Gasteiger partial charge < -0.3 is 9.47 Å². The molecule has 0 N–H and O–H groups in total. The van der Waals surface area contributed by atoms with Crippen molar-refractivity contribution < 1.29 is 14.3 Å². The molecule has 1 aromatic carbocycles. The van der Waals surface area contributed by atoms with Gasteiger partial charge in [0.2, 0.25) is 0 Å². The second-order valence-electron chi connectivity index (χ2n) is 5.21. The highest BCUT2D eigenvalue weighted by molar-refractivity contribution is 5.87. The molecule has 0 bridgehead atoms. The lowest BCUT2D eigenvalue weighted by Gasteiger charge is -2.21. The third-order valence-electron chi connectivity index (χ3n) is 3.87. The summed E-state index contributed by atoms with van der Waals surface area (Å²) in [5.74, 6) is 1.21. The van der Waals surface area contributed by atoms with Crippen LogP contribution in [0.1, 0.15) is 32.3 Å². The maximum Gasteiger partial charge on any atom is 0.330 e. The van der Waals surface area contributed by atoms with Crippen LogP contribution in [0, 0.1) is 11.8 Å². The molecule has 0 aliphatic heterocycles. The van der Waals surface area contributed by atoms with Crippen molar-refractivity contribution in [3.05, 3.63) is 48.6 Å². The van der Waals surface area contributed by atoms with Crippen LogP contribution in [-0.2, 0) is 9.53 Å². The van der Waals surface area contributed by atoms with Crippen molar-refractivity contribution in [2.24, 2.45) is 11.8 Å². The van der Waals surface area contributed by atoms with Crippen molar-refractivity contribution in [3.8, 4) is 5.75 Å². The van der Waals surface area contributed by atoms with Gasteiger partial charge in [0.05, 0.1) is 13.7 Å². The molecule has 3 nitrogen and oxygen atoms in total. The lowest BCUT2D eigenvalue weighted by molar-refractivity contribution is -0.139. The summed E-state index contributed by atoms with van der Waals surface area (Å²) in [6, 6.07) is 7.49. The van der Waals surface area contributed by atoms with Crippen molar-refractivity contribution >= 4 is 12.0 Å². The summed E-state index contributed by atoms with van der Waals surface area (Å²) in [7, 11) is 1.62. The summed E-state index contributed by atoms with van der Waals surface area (Å²) >= 11 is 0. The number of carbonyl (C=O) groups is 1. The predicted molar refractivity (Wildman–Crippen MR) is 90.7 cm³/mol. The van der Waals surface area contributed by atoms with E-state index in [1.54, 1.807) is 13.2 Å². The molecule has 0 saturated carbocycles. The molecule has 0 aromatic heterocycles. The first-order valence-electron chi connectivity index (χ1n) is 7.76. The maximum absolute atomic E-state index is 11.8. The van der Waals surface area contributed by atoms with E-state index in [0.717, 1.165) is 24.2 Å². The first-order valence-corrected chi connectivity index (χ1v) is 7.76. The van der Waals surface area contributed by atoms with Gasteiger partial charge in [-0.25, -0.2) is 4.79 Å². The summed E-state index contributed by atoms with van der Waals surface area (Å²) < 4.78 is 10.4.